The summed E-state index contributed by atoms with van der Waals surface area (Å²) in [6.07, 6.45) is -0.0716. The first kappa shape index (κ1) is 18.3. The van der Waals surface area contributed by atoms with Crippen LogP contribution in [0, 0.1) is 5.92 Å². The summed E-state index contributed by atoms with van der Waals surface area (Å²) in [6.45, 7) is 5.55. The standard InChI is InChI=1S/C17H22N2O4S/c1-10(2)11(3)18-15(20)9-23-16(21)8-14-17(22)19-12-6-4-5-7-13(12)24-14/h4-7,10-11,14H,8-9H2,1-3H3,(H,18,20)(H,19,22)/t11-,14+/m1/s1. The van der Waals surface area contributed by atoms with Gasteiger partial charge in [-0.2, -0.15) is 0 Å². The van der Waals surface area contributed by atoms with Gasteiger partial charge in [0.25, 0.3) is 5.91 Å². The minimum Gasteiger partial charge on any atom is -0.456 e. The molecule has 2 N–H and O–H groups in total. The van der Waals surface area contributed by atoms with Gasteiger partial charge in [0.15, 0.2) is 6.61 Å². The zero-order chi connectivity index (χ0) is 17.7. The molecule has 2 atom stereocenters. The van der Waals surface area contributed by atoms with Crippen LogP contribution in [0.5, 0.6) is 0 Å². The molecule has 130 valence electrons. The normalized spacial score (nSPS) is 17.7. The summed E-state index contributed by atoms with van der Waals surface area (Å²) in [5.74, 6) is -0.828. The Kier molecular flexibility index (Phi) is 6.25. The molecule has 2 rings (SSSR count). The molecule has 2 amide bonds. The summed E-state index contributed by atoms with van der Waals surface area (Å²) < 4.78 is 4.98. The predicted molar refractivity (Wildman–Crippen MR) is 92.7 cm³/mol. The van der Waals surface area contributed by atoms with E-state index in [0.717, 1.165) is 10.6 Å². The van der Waals surface area contributed by atoms with E-state index in [0.29, 0.717) is 5.92 Å². The van der Waals surface area contributed by atoms with Gasteiger partial charge in [-0.3, -0.25) is 14.4 Å². The van der Waals surface area contributed by atoms with Gasteiger partial charge in [0.05, 0.1) is 17.4 Å². The highest BCUT2D eigenvalue weighted by Crippen LogP contribution is 2.36. The number of rotatable bonds is 6. The third-order valence-electron chi connectivity index (χ3n) is 3.81. The molecule has 0 spiro atoms. The highest BCUT2D eigenvalue weighted by Gasteiger charge is 2.29. The number of hydrogen-bond acceptors (Lipinski definition) is 5. The molecular formula is C17H22N2O4S. The fraction of sp³-hybridized carbons (Fsp3) is 0.471. The van der Waals surface area contributed by atoms with Crippen LogP contribution in [0.1, 0.15) is 27.2 Å². The SMILES string of the molecule is CC(C)[C@@H](C)NC(=O)COC(=O)C[C@@H]1Sc2ccccc2NC1=O. The molecule has 1 aliphatic heterocycles. The van der Waals surface area contributed by atoms with E-state index in [1.165, 1.54) is 11.8 Å². The van der Waals surface area contributed by atoms with Crippen molar-refractivity contribution < 1.29 is 19.1 Å². The molecule has 1 aromatic carbocycles. The molecule has 24 heavy (non-hydrogen) atoms. The Morgan fingerprint density at radius 1 is 1.29 bits per heavy atom. The van der Waals surface area contributed by atoms with Crippen molar-refractivity contribution in [1.82, 2.24) is 5.32 Å². The lowest BCUT2D eigenvalue weighted by Gasteiger charge is -2.23. The van der Waals surface area contributed by atoms with Gasteiger partial charge < -0.3 is 15.4 Å². The lowest BCUT2D eigenvalue weighted by Crippen LogP contribution is -2.39. The minimum atomic E-state index is -0.561. The zero-order valence-corrected chi connectivity index (χ0v) is 14.8. The fourth-order valence-corrected chi connectivity index (χ4v) is 3.14. The van der Waals surface area contributed by atoms with E-state index in [4.69, 9.17) is 4.74 Å². The second-order valence-corrected chi connectivity index (χ2v) is 7.30. The van der Waals surface area contributed by atoms with E-state index >= 15 is 0 Å². The predicted octanol–water partition coefficient (Wildman–Crippen LogP) is 2.19. The number of carbonyl (C=O) groups excluding carboxylic acids is 3. The average Bonchev–Trinajstić information content (AvgIpc) is 2.53. The number of anilines is 1. The highest BCUT2D eigenvalue weighted by atomic mass is 32.2. The summed E-state index contributed by atoms with van der Waals surface area (Å²) in [4.78, 5) is 36.6. The highest BCUT2D eigenvalue weighted by molar-refractivity contribution is 8.01. The van der Waals surface area contributed by atoms with E-state index < -0.39 is 11.2 Å². The largest absolute Gasteiger partial charge is 0.456 e. The maximum absolute atomic E-state index is 12.0. The summed E-state index contributed by atoms with van der Waals surface area (Å²) in [6, 6.07) is 7.42. The molecule has 1 aromatic rings. The number of fused-ring (bicyclic) bond motifs is 1. The monoisotopic (exact) mass is 350 g/mol. The van der Waals surface area contributed by atoms with Crippen molar-refractivity contribution in [2.75, 3.05) is 11.9 Å². The van der Waals surface area contributed by atoms with Gasteiger partial charge in [-0.15, -0.1) is 11.8 Å². The molecule has 1 heterocycles. The summed E-state index contributed by atoms with van der Waals surface area (Å²) >= 11 is 1.33. The first-order chi connectivity index (χ1) is 11.4. The third kappa shape index (κ3) is 4.99. The number of esters is 1. The molecule has 0 saturated heterocycles. The zero-order valence-electron chi connectivity index (χ0n) is 14.0. The van der Waals surface area contributed by atoms with Crippen LogP contribution in [0.25, 0.3) is 0 Å². The van der Waals surface area contributed by atoms with Gasteiger partial charge in [0.2, 0.25) is 5.91 Å². The van der Waals surface area contributed by atoms with Crippen molar-refractivity contribution in [3.63, 3.8) is 0 Å². The fourth-order valence-electron chi connectivity index (χ4n) is 2.05. The number of thioether (sulfide) groups is 1. The van der Waals surface area contributed by atoms with Crippen LogP contribution in [0.15, 0.2) is 29.2 Å². The van der Waals surface area contributed by atoms with Crippen molar-refractivity contribution in [3.05, 3.63) is 24.3 Å². The molecule has 7 heteroatoms. The molecule has 0 bridgehead atoms. The molecule has 1 aliphatic rings. The number of para-hydroxylation sites is 1. The second kappa shape index (κ2) is 8.19. The lowest BCUT2D eigenvalue weighted by molar-refractivity contribution is -0.149. The molecule has 0 unspecified atom stereocenters. The average molecular weight is 350 g/mol. The number of amides is 2. The van der Waals surface area contributed by atoms with Gasteiger partial charge in [-0.1, -0.05) is 26.0 Å². The second-order valence-electron chi connectivity index (χ2n) is 6.06. The Morgan fingerprint density at radius 2 is 2.00 bits per heavy atom. The van der Waals surface area contributed by atoms with E-state index in [1.54, 1.807) is 0 Å². The smallest absolute Gasteiger partial charge is 0.307 e. The topological polar surface area (TPSA) is 84.5 Å². The Balaban J connectivity index is 1.81. The van der Waals surface area contributed by atoms with Crippen LogP contribution in [-0.2, 0) is 19.1 Å². The van der Waals surface area contributed by atoms with Gasteiger partial charge >= 0.3 is 5.97 Å². The van der Waals surface area contributed by atoms with Gasteiger partial charge in [0.1, 0.15) is 0 Å². The molecule has 0 fully saturated rings. The van der Waals surface area contributed by atoms with Crippen LogP contribution in [0.4, 0.5) is 5.69 Å². The van der Waals surface area contributed by atoms with E-state index in [9.17, 15) is 14.4 Å². The van der Waals surface area contributed by atoms with Crippen molar-refractivity contribution >= 4 is 35.2 Å². The third-order valence-corrected chi connectivity index (χ3v) is 5.09. The minimum absolute atomic E-state index is 0.00683. The number of ether oxygens (including phenoxy) is 1. The Labute approximate surface area is 145 Å². The van der Waals surface area contributed by atoms with Crippen LogP contribution in [0.3, 0.4) is 0 Å². The number of nitrogens with one attached hydrogen (secondary N) is 2. The maximum Gasteiger partial charge on any atom is 0.307 e. The van der Waals surface area contributed by atoms with Gasteiger partial charge in [-0.25, -0.2) is 0 Å². The number of carbonyl (C=O) groups is 3. The van der Waals surface area contributed by atoms with Crippen molar-refractivity contribution in [2.45, 2.75) is 43.4 Å². The maximum atomic E-state index is 12.0. The lowest BCUT2D eigenvalue weighted by atomic mass is 10.1. The summed E-state index contributed by atoms with van der Waals surface area (Å²) in [5.41, 5.74) is 0.749. The van der Waals surface area contributed by atoms with E-state index in [1.807, 2.05) is 45.0 Å². The van der Waals surface area contributed by atoms with E-state index in [-0.39, 0.29) is 30.9 Å². The van der Waals surface area contributed by atoms with Crippen LogP contribution in [0.2, 0.25) is 0 Å². The Hall–Kier alpha value is -2.02. The van der Waals surface area contributed by atoms with Crippen LogP contribution >= 0.6 is 11.8 Å². The number of hydrogen-bond donors (Lipinski definition) is 2. The first-order valence-electron chi connectivity index (χ1n) is 7.88. The van der Waals surface area contributed by atoms with Crippen LogP contribution < -0.4 is 10.6 Å². The Bertz CT molecular complexity index is 633. The molecule has 0 aliphatic carbocycles. The first-order valence-corrected chi connectivity index (χ1v) is 8.76. The Morgan fingerprint density at radius 3 is 2.71 bits per heavy atom. The molecule has 0 radical (unpaired) electrons. The molecule has 6 nitrogen and oxygen atoms in total. The van der Waals surface area contributed by atoms with Gasteiger partial charge in [0, 0.05) is 10.9 Å². The molecule has 0 aromatic heterocycles. The van der Waals surface area contributed by atoms with E-state index in [2.05, 4.69) is 10.6 Å². The summed E-state index contributed by atoms with van der Waals surface area (Å²) in [5, 5.41) is 4.98. The summed E-state index contributed by atoms with van der Waals surface area (Å²) in [7, 11) is 0. The van der Waals surface area contributed by atoms with Crippen molar-refractivity contribution in [1.29, 1.82) is 0 Å². The van der Waals surface area contributed by atoms with Crippen molar-refractivity contribution in [3.8, 4) is 0 Å². The van der Waals surface area contributed by atoms with Gasteiger partial charge in [-0.05, 0) is 25.0 Å². The van der Waals surface area contributed by atoms with Crippen LogP contribution in [-0.4, -0.2) is 35.7 Å². The molecular weight excluding hydrogens is 328 g/mol. The quantitative estimate of drug-likeness (QED) is 0.768. The number of benzene rings is 1. The molecule has 0 saturated carbocycles. The van der Waals surface area contributed by atoms with Crippen molar-refractivity contribution in [2.24, 2.45) is 5.92 Å².